The van der Waals surface area contributed by atoms with Gasteiger partial charge in [0.1, 0.15) is 0 Å². The van der Waals surface area contributed by atoms with E-state index in [1.165, 1.54) is 22.3 Å². The first-order valence-corrected chi connectivity index (χ1v) is 12.6. The summed E-state index contributed by atoms with van der Waals surface area (Å²) in [6.07, 6.45) is 2.88. The first-order valence-electron chi connectivity index (χ1n) is 10.8. The zero-order chi connectivity index (χ0) is 23.0. The van der Waals surface area contributed by atoms with Gasteiger partial charge in [-0.3, -0.25) is 10.2 Å². The molecule has 0 unspecified atom stereocenters. The topological polar surface area (TPSA) is 73.8 Å². The molecule has 0 spiro atoms. The highest BCUT2D eigenvalue weighted by Gasteiger charge is 2.35. The molecule has 0 aliphatic carbocycles. The number of thioether (sulfide) groups is 2. The van der Waals surface area contributed by atoms with Gasteiger partial charge >= 0.3 is 0 Å². The molecule has 3 heterocycles. The second-order valence-corrected chi connectivity index (χ2v) is 10.3. The highest BCUT2D eigenvalue weighted by Crippen LogP contribution is 2.33. The molecule has 32 heavy (non-hydrogen) atoms. The molecular formula is C24H27N5OS2. The number of amides is 1. The molecule has 1 amide bonds. The average Bonchev–Trinajstić information content (AvgIpc) is 3.30. The first-order chi connectivity index (χ1) is 15.3. The summed E-state index contributed by atoms with van der Waals surface area (Å²) in [5.41, 5.74) is 5.67. The van der Waals surface area contributed by atoms with Gasteiger partial charge in [-0.05, 0) is 79.1 Å². The Morgan fingerprint density at radius 1 is 1.22 bits per heavy atom. The number of hydrogen-bond donors (Lipinski definition) is 1. The van der Waals surface area contributed by atoms with Crippen molar-refractivity contribution in [2.75, 3.05) is 5.75 Å². The minimum absolute atomic E-state index is 0.0712. The van der Waals surface area contributed by atoms with Gasteiger partial charge in [-0.1, -0.05) is 44.7 Å². The van der Waals surface area contributed by atoms with Crippen LogP contribution in [0.25, 0.3) is 11.8 Å². The molecule has 1 atom stereocenters. The van der Waals surface area contributed by atoms with E-state index in [9.17, 15) is 4.79 Å². The van der Waals surface area contributed by atoms with E-state index in [-0.39, 0.29) is 11.4 Å². The number of benzene rings is 1. The number of fused-ring (bicyclic) bond motifs is 1. The Balaban J connectivity index is 1.67. The van der Waals surface area contributed by atoms with E-state index in [1.54, 1.807) is 17.8 Å². The molecule has 0 fully saturated rings. The summed E-state index contributed by atoms with van der Waals surface area (Å²) in [6.45, 7) is 10.6. The predicted molar refractivity (Wildman–Crippen MR) is 137 cm³/mol. The van der Waals surface area contributed by atoms with E-state index in [1.807, 2.05) is 19.9 Å². The van der Waals surface area contributed by atoms with Crippen LogP contribution < -0.4 is 0 Å². The van der Waals surface area contributed by atoms with Crippen LogP contribution in [0.3, 0.4) is 0 Å². The van der Waals surface area contributed by atoms with Gasteiger partial charge in [0, 0.05) is 17.1 Å². The van der Waals surface area contributed by atoms with Crippen molar-refractivity contribution >= 4 is 50.9 Å². The number of carbonyl (C=O) groups excluding carboxylic acids is 1. The maximum atomic E-state index is 12.7. The van der Waals surface area contributed by atoms with Crippen molar-refractivity contribution in [2.45, 2.75) is 47.0 Å². The average molecular weight is 466 g/mol. The Hall–Kier alpha value is -2.58. The van der Waals surface area contributed by atoms with E-state index in [4.69, 9.17) is 5.41 Å². The number of aryl methyl sites for hydroxylation is 1. The number of hydrazone groups is 1. The Morgan fingerprint density at radius 2 is 1.94 bits per heavy atom. The van der Waals surface area contributed by atoms with Gasteiger partial charge in [-0.15, -0.1) is 5.10 Å². The van der Waals surface area contributed by atoms with E-state index in [2.05, 4.69) is 59.7 Å². The van der Waals surface area contributed by atoms with Crippen LogP contribution >= 0.6 is 23.5 Å². The van der Waals surface area contributed by atoms with Crippen molar-refractivity contribution in [1.29, 1.82) is 5.41 Å². The summed E-state index contributed by atoms with van der Waals surface area (Å²) in [5.74, 6) is 1.09. The quantitative estimate of drug-likeness (QED) is 0.555. The highest BCUT2D eigenvalue weighted by atomic mass is 32.2. The second-order valence-electron chi connectivity index (χ2n) is 7.88. The number of nitrogens with zero attached hydrogens (tertiary/aromatic N) is 4. The number of aliphatic imine (C=N–C) groups is 1. The van der Waals surface area contributed by atoms with Crippen molar-refractivity contribution < 1.29 is 4.79 Å². The van der Waals surface area contributed by atoms with Gasteiger partial charge in [-0.25, -0.2) is 0 Å². The zero-order valence-electron chi connectivity index (χ0n) is 19.0. The lowest BCUT2D eigenvalue weighted by Crippen LogP contribution is -2.35. The number of nitrogens with one attached hydrogen (secondary N) is 1. The fourth-order valence-corrected chi connectivity index (χ4v) is 5.66. The Labute approximate surface area is 197 Å². The molecule has 0 saturated heterocycles. The van der Waals surface area contributed by atoms with Crippen LogP contribution in [0.1, 0.15) is 55.6 Å². The van der Waals surface area contributed by atoms with E-state index in [0.717, 1.165) is 39.2 Å². The van der Waals surface area contributed by atoms with Crippen LogP contribution in [0.5, 0.6) is 0 Å². The molecule has 0 radical (unpaired) electrons. The van der Waals surface area contributed by atoms with E-state index >= 15 is 0 Å². The minimum Gasteiger partial charge on any atom is -0.318 e. The zero-order valence-corrected chi connectivity index (χ0v) is 20.6. The second kappa shape index (κ2) is 9.11. The third-order valence-corrected chi connectivity index (χ3v) is 7.73. The molecule has 4 rings (SSSR count). The molecule has 6 nitrogen and oxygen atoms in total. The smallest absolute Gasteiger partial charge is 0.283 e. The SMILES string of the molecule is CCSC1=NN2C(=N)/C(=C\c3cc(C)n(-c4ccc([C@H](C)CC)cc4)c3C)C(=O)N=C2S1. The van der Waals surface area contributed by atoms with Gasteiger partial charge in [0.05, 0.1) is 5.57 Å². The van der Waals surface area contributed by atoms with Gasteiger partial charge in [0.2, 0.25) is 5.17 Å². The summed E-state index contributed by atoms with van der Waals surface area (Å²) in [6, 6.07) is 10.7. The molecule has 1 N–H and O–H groups in total. The largest absolute Gasteiger partial charge is 0.318 e. The lowest BCUT2D eigenvalue weighted by molar-refractivity contribution is -0.114. The monoisotopic (exact) mass is 465 g/mol. The molecular weight excluding hydrogens is 438 g/mol. The van der Waals surface area contributed by atoms with Crippen LogP contribution in [0.15, 0.2) is 46.0 Å². The van der Waals surface area contributed by atoms with E-state index in [0.29, 0.717) is 11.1 Å². The fraction of sp³-hybridized carbons (Fsp3) is 0.333. The van der Waals surface area contributed by atoms with Crippen molar-refractivity contribution in [3.05, 3.63) is 58.4 Å². The molecule has 2 aliphatic heterocycles. The van der Waals surface area contributed by atoms with Gasteiger partial charge < -0.3 is 4.57 Å². The summed E-state index contributed by atoms with van der Waals surface area (Å²) >= 11 is 2.92. The Kier molecular flexibility index (Phi) is 6.44. The van der Waals surface area contributed by atoms with Crippen molar-refractivity contribution in [1.82, 2.24) is 9.58 Å². The number of aromatic nitrogens is 1. The molecule has 0 saturated carbocycles. The predicted octanol–water partition coefficient (Wildman–Crippen LogP) is 5.94. The van der Waals surface area contributed by atoms with Crippen LogP contribution in [-0.2, 0) is 4.79 Å². The molecule has 1 aromatic heterocycles. The summed E-state index contributed by atoms with van der Waals surface area (Å²) in [7, 11) is 0. The number of rotatable bonds is 5. The highest BCUT2D eigenvalue weighted by molar-refractivity contribution is 8.45. The van der Waals surface area contributed by atoms with Crippen LogP contribution in [0, 0.1) is 19.3 Å². The van der Waals surface area contributed by atoms with Crippen molar-refractivity contribution in [2.24, 2.45) is 10.1 Å². The van der Waals surface area contributed by atoms with Gasteiger partial charge in [0.15, 0.2) is 10.2 Å². The van der Waals surface area contributed by atoms with Gasteiger partial charge in [-0.2, -0.15) is 10.0 Å². The molecule has 166 valence electrons. The first kappa shape index (κ1) is 22.6. The Morgan fingerprint density at radius 3 is 2.59 bits per heavy atom. The van der Waals surface area contributed by atoms with Crippen LogP contribution in [-0.4, -0.2) is 36.6 Å². The molecule has 8 heteroatoms. The summed E-state index contributed by atoms with van der Waals surface area (Å²) in [5, 5.41) is 14.9. The van der Waals surface area contributed by atoms with Gasteiger partial charge in [0.25, 0.3) is 5.91 Å². The van der Waals surface area contributed by atoms with Crippen LogP contribution in [0.2, 0.25) is 0 Å². The molecule has 2 aliphatic rings. The minimum atomic E-state index is -0.394. The summed E-state index contributed by atoms with van der Waals surface area (Å²) < 4.78 is 2.99. The van der Waals surface area contributed by atoms with Crippen molar-refractivity contribution in [3.63, 3.8) is 0 Å². The molecule has 1 aromatic carbocycles. The number of hydrogen-bond acceptors (Lipinski definition) is 5. The molecule has 0 bridgehead atoms. The fourth-order valence-electron chi connectivity index (χ4n) is 3.83. The Bertz CT molecular complexity index is 1170. The standard InChI is InChI=1S/C24H27N5OS2/c1-6-14(3)17-8-10-19(11-9-17)28-15(4)12-18(16(28)5)13-20-21(25)29-23(26-22(20)30)32-24(27-29)31-7-2/h8-14,25H,6-7H2,1-5H3/b20-13+,25-21?/t14-/m1/s1. The third kappa shape index (κ3) is 4.09. The maximum absolute atomic E-state index is 12.7. The summed E-state index contributed by atoms with van der Waals surface area (Å²) in [4.78, 5) is 16.9. The number of amidine groups is 2. The third-order valence-electron chi connectivity index (χ3n) is 5.81. The van der Waals surface area contributed by atoms with Crippen molar-refractivity contribution in [3.8, 4) is 5.69 Å². The van der Waals surface area contributed by atoms with Crippen LogP contribution in [0.4, 0.5) is 0 Å². The lowest BCUT2D eigenvalue weighted by Gasteiger charge is -2.20. The number of carbonyl (C=O) groups is 1. The lowest BCUT2D eigenvalue weighted by atomic mass is 9.98. The normalized spacial score (nSPS) is 18.2. The van der Waals surface area contributed by atoms with E-state index < -0.39 is 5.91 Å². The maximum Gasteiger partial charge on any atom is 0.283 e. The molecule has 2 aromatic rings.